The SMILES string of the molecule is Cc1cc(-c2nn(-c3ccccc3)c3c2P(=S)(N2CCOCC2)OC(c2ccc(Br)cc2)=N3)c(C)n1-c1ccc(F)cc1. The minimum absolute atomic E-state index is 0.273. The van der Waals surface area contributed by atoms with E-state index in [0.717, 1.165) is 49.4 Å². The van der Waals surface area contributed by atoms with Gasteiger partial charge in [-0.3, -0.25) is 0 Å². The smallest absolute Gasteiger partial charge is 0.227 e. The lowest BCUT2D eigenvalue weighted by Gasteiger charge is -2.38. The standard InChI is InChI=1S/C32H28BrFN5O2PS/c1-21-20-28(22(2)38(21)26-14-12-25(34)13-15-26)29-30-31(39(36-29)27-6-4-3-5-7-27)35-32(23-8-10-24(33)11-9-23)41-42(30,43)37-16-18-40-19-17-37/h3-15,20H,16-19H2,1-2H3. The molecule has 218 valence electrons. The molecule has 2 aliphatic rings. The summed E-state index contributed by atoms with van der Waals surface area (Å²) in [5, 5.41) is 6.07. The maximum Gasteiger partial charge on any atom is 0.227 e. The average Bonchev–Trinajstić information content (AvgIpc) is 3.56. The van der Waals surface area contributed by atoms with E-state index in [1.807, 2.05) is 66.2 Å². The number of ether oxygens (including phenoxy) is 1. The summed E-state index contributed by atoms with van der Waals surface area (Å²) in [6.07, 6.45) is -2.92. The Morgan fingerprint density at radius 3 is 2.30 bits per heavy atom. The Bertz CT molecular complexity index is 1900. The van der Waals surface area contributed by atoms with Crippen LogP contribution >= 0.6 is 22.3 Å². The number of aryl methyl sites for hydroxylation is 1. The summed E-state index contributed by atoms with van der Waals surface area (Å²) in [5.41, 5.74) is 6.23. The first-order valence-electron chi connectivity index (χ1n) is 14.0. The van der Waals surface area contributed by atoms with Crippen LogP contribution in [0.15, 0.2) is 94.4 Å². The second-order valence-electron chi connectivity index (χ2n) is 10.5. The first-order valence-corrected chi connectivity index (χ1v) is 17.4. The molecular weight excluding hydrogens is 648 g/mol. The number of benzene rings is 3. The lowest BCUT2D eigenvalue weighted by Crippen LogP contribution is -2.39. The normalized spacial score (nSPS) is 18.7. The molecule has 1 saturated heterocycles. The Morgan fingerprint density at radius 1 is 0.907 bits per heavy atom. The van der Waals surface area contributed by atoms with Crippen LogP contribution < -0.4 is 5.30 Å². The van der Waals surface area contributed by atoms with Crippen LogP contribution in [0.2, 0.25) is 0 Å². The Balaban J connectivity index is 1.51. The second kappa shape index (κ2) is 11.3. The van der Waals surface area contributed by atoms with Gasteiger partial charge in [0, 0.05) is 45.8 Å². The summed E-state index contributed by atoms with van der Waals surface area (Å²) < 4.78 is 33.6. The number of para-hydroxylation sites is 1. The highest BCUT2D eigenvalue weighted by Gasteiger charge is 2.44. The summed E-state index contributed by atoms with van der Waals surface area (Å²) in [7, 11) is 0. The van der Waals surface area contributed by atoms with Crippen molar-refractivity contribution < 1.29 is 13.7 Å². The van der Waals surface area contributed by atoms with Crippen molar-refractivity contribution >= 4 is 51.2 Å². The zero-order valence-corrected chi connectivity index (χ0v) is 26.9. The number of halogens is 2. The van der Waals surface area contributed by atoms with Gasteiger partial charge in [0.2, 0.25) is 12.3 Å². The largest absolute Gasteiger partial charge is 0.431 e. The fourth-order valence-corrected chi connectivity index (χ4v) is 9.55. The van der Waals surface area contributed by atoms with E-state index in [4.69, 9.17) is 31.2 Å². The summed E-state index contributed by atoms with van der Waals surface area (Å²) in [5.74, 6) is 0.881. The Morgan fingerprint density at radius 2 is 1.60 bits per heavy atom. The van der Waals surface area contributed by atoms with Crippen LogP contribution in [0.5, 0.6) is 0 Å². The molecule has 43 heavy (non-hydrogen) atoms. The van der Waals surface area contributed by atoms with Crippen LogP contribution in [-0.4, -0.2) is 51.2 Å². The van der Waals surface area contributed by atoms with Gasteiger partial charge in [-0.05, 0) is 92.4 Å². The second-order valence-corrected chi connectivity index (χ2v) is 15.1. The van der Waals surface area contributed by atoms with Crippen LogP contribution in [0.4, 0.5) is 10.2 Å². The number of aromatic nitrogens is 3. The third kappa shape index (κ3) is 5.01. The van der Waals surface area contributed by atoms with E-state index in [1.54, 1.807) is 12.1 Å². The molecule has 3 aromatic carbocycles. The first-order chi connectivity index (χ1) is 20.8. The molecule has 1 fully saturated rings. The lowest BCUT2D eigenvalue weighted by atomic mass is 10.2. The number of hydrogen-bond acceptors (Lipinski definition) is 5. The number of aliphatic imine (C=N–C) groups is 1. The van der Waals surface area contributed by atoms with Crippen LogP contribution in [0, 0.1) is 19.7 Å². The van der Waals surface area contributed by atoms with Gasteiger partial charge in [-0.1, -0.05) is 34.1 Å². The highest BCUT2D eigenvalue weighted by Crippen LogP contribution is 2.58. The van der Waals surface area contributed by atoms with Crippen molar-refractivity contribution in [2.45, 2.75) is 13.8 Å². The third-order valence-electron chi connectivity index (χ3n) is 7.76. The molecule has 0 bridgehead atoms. The number of morpholine rings is 1. The minimum atomic E-state index is -2.92. The molecular formula is C32H28BrFN5O2PS. The van der Waals surface area contributed by atoms with Crippen molar-refractivity contribution in [2.24, 2.45) is 4.99 Å². The molecule has 2 aromatic heterocycles. The number of rotatable bonds is 5. The predicted octanol–water partition coefficient (Wildman–Crippen LogP) is 7.22. The average molecular weight is 677 g/mol. The van der Waals surface area contributed by atoms with Gasteiger partial charge in [0.1, 0.15) is 16.8 Å². The zero-order valence-electron chi connectivity index (χ0n) is 23.6. The molecule has 5 aromatic rings. The van der Waals surface area contributed by atoms with Gasteiger partial charge in [0.15, 0.2) is 5.82 Å². The highest BCUT2D eigenvalue weighted by atomic mass is 79.9. The molecule has 4 heterocycles. The summed E-state index contributed by atoms with van der Waals surface area (Å²) in [4.78, 5) is 5.12. The number of nitrogens with zero attached hydrogens (tertiary/aromatic N) is 5. The van der Waals surface area contributed by atoms with E-state index < -0.39 is 6.42 Å². The van der Waals surface area contributed by atoms with Gasteiger partial charge in [0.05, 0.1) is 18.9 Å². The fourth-order valence-electron chi connectivity index (χ4n) is 5.69. The van der Waals surface area contributed by atoms with Crippen LogP contribution in [0.25, 0.3) is 22.6 Å². The van der Waals surface area contributed by atoms with Crippen molar-refractivity contribution in [3.05, 3.63) is 112 Å². The topological polar surface area (TPSA) is 56.8 Å². The highest BCUT2D eigenvalue weighted by molar-refractivity contribution is 9.10. The summed E-state index contributed by atoms with van der Waals surface area (Å²) >= 11 is 10.2. The molecule has 0 amide bonds. The first kappa shape index (κ1) is 28.4. The molecule has 7 rings (SSSR count). The maximum absolute atomic E-state index is 13.8. The van der Waals surface area contributed by atoms with Gasteiger partial charge in [-0.25, -0.2) is 13.7 Å². The van der Waals surface area contributed by atoms with E-state index in [1.165, 1.54) is 12.1 Å². The molecule has 11 heteroatoms. The van der Waals surface area contributed by atoms with Crippen molar-refractivity contribution in [3.63, 3.8) is 0 Å². The van der Waals surface area contributed by atoms with E-state index in [0.29, 0.717) is 38.0 Å². The minimum Gasteiger partial charge on any atom is -0.431 e. The van der Waals surface area contributed by atoms with Crippen molar-refractivity contribution in [2.75, 3.05) is 26.3 Å². The van der Waals surface area contributed by atoms with Gasteiger partial charge < -0.3 is 13.8 Å². The van der Waals surface area contributed by atoms with E-state index in [2.05, 4.69) is 38.2 Å². The molecule has 0 radical (unpaired) electrons. The zero-order chi connectivity index (χ0) is 29.7. The molecule has 2 aliphatic heterocycles. The van der Waals surface area contributed by atoms with Crippen molar-refractivity contribution in [1.82, 2.24) is 19.0 Å². The quantitative estimate of drug-likeness (QED) is 0.184. The van der Waals surface area contributed by atoms with Crippen molar-refractivity contribution in [3.8, 4) is 22.6 Å². The van der Waals surface area contributed by atoms with E-state index >= 15 is 0 Å². The molecule has 1 atom stereocenters. The van der Waals surface area contributed by atoms with Gasteiger partial charge in [-0.15, -0.1) is 0 Å². The summed E-state index contributed by atoms with van der Waals surface area (Å²) in [6.45, 7) is 6.53. The molecule has 0 aliphatic carbocycles. The summed E-state index contributed by atoms with van der Waals surface area (Å²) in [6, 6.07) is 26.5. The fraction of sp³-hybridized carbons (Fsp3) is 0.188. The Hall–Kier alpha value is -3.40. The molecule has 0 saturated carbocycles. The lowest BCUT2D eigenvalue weighted by molar-refractivity contribution is 0.0723. The third-order valence-corrected chi connectivity index (χ3v) is 12.3. The van der Waals surface area contributed by atoms with Gasteiger partial charge in [-0.2, -0.15) is 10.1 Å². The van der Waals surface area contributed by atoms with Gasteiger partial charge >= 0.3 is 0 Å². The number of hydrogen-bond donors (Lipinski definition) is 0. The molecule has 0 N–H and O–H groups in total. The predicted molar refractivity (Wildman–Crippen MR) is 175 cm³/mol. The molecule has 0 spiro atoms. The van der Waals surface area contributed by atoms with Crippen LogP contribution in [0.3, 0.4) is 0 Å². The van der Waals surface area contributed by atoms with Crippen LogP contribution in [-0.2, 0) is 21.1 Å². The Kier molecular flexibility index (Phi) is 7.43. The molecule has 1 unspecified atom stereocenters. The maximum atomic E-state index is 13.8. The molecule has 7 nitrogen and oxygen atoms in total. The number of fused-ring (bicyclic) bond motifs is 1. The monoisotopic (exact) mass is 675 g/mol. The van der Waals surface area contributed by atoms with E-state index in [-0.39, 0.29) is 5.82 Å². The van der Waals surface area contributed by atoms with Gasteiger partial charge in [0.25, 0.3) is 0 Å². The van der Waals surface area contributed by atoms with Crippen LogP contribution in [0.1, 0.15) is 17.0 Å². The van der Waals surface area contributed by atoms with E-state index in [9.17, 15) is 4.39 Å². The van der Waals surface area contributed by atoms with Crippen molar-refractivity contribution in [1.29, 1.82) is 0 Å². The Labute approximate surface area is 262 Å².